The molecule has 3 rings (SSSR count). The molecule has 1 aliphatic carbocycles. The summed E-state index contributed by atoms with van der Waals surface area (Å²) < 4.78 is 24.7. The number of carbonyl (C=O) groups is 1. The lowest BCUT2D eigenvalue weighted by molar-refractivity contribution is -0.123. The summed E-state index contributed by atoms with van der Waals surface area (Å²) in [5.41, 5.74) is 0.390. The summed E-state index contributed by atoms with van der Waals surface area (Å²) in [6, 6.07) is 2.70. The normalized spacial score (nSPS) is 26.6. The Balaban J connectivity index is 1.67. The van der Waals surface area contributed by atoms with Crippen molar-refractivity contribution in [1.82, 2.24) is 10.6 Å². The second-order valence-corrected chi connectivity index (χ2v) is 7.06. The quantitative estimate of drug-likeness (QED) is 0.857. The van der Waals surface area contributed by atoms with Crippen LogP contribution in [0.5, 0.6) is 11.5 Å². The first-order valence-corrected chi connectivity index (χ1v) is 9.01. The Morgan fingerprint density at radius 1 is 1.24 bits per heavy atom. The van der Waals surface area contributed by atoms with Gasteiger partial charge in [-0.15, -0.1) is 0 Å². The van der Waals surface area contributed by atoms with Gasteiger partial charge in [0.1, 0.15) is 5.82 Å². The molecule has 0 bridgehead atoms. The van der Waals surface area contributed by atoms with E-state index in [0.717, 1.165) is 12.8 Å². The Morgan fingerprint density at radius 2 is 1.92 bits per heavy atom. The third-order valence-electron chi connectivity index (χ3n) is 5.51. The molecule has 1 aliphatic heterocycles. The third-order valence-corrected chi connectivity index (χ3v) is 5.51. The number of halogens is 1. The number of methoxy groups -OCH3 is 2. The molecular weight excluding hydrogens is 323 g/mol. The lowest BCUT2D eigenvalue weighted by Crippen LogP contribution is -2.44. The molecule has 4 unspecified atom stereocenters. The number of fused-ring (bicyclic) bond motifs is 1. The van der Waals surface area contributed by atoms with Gasteiger partial charge in [-0.2, -0.15) is 0 Å². The van der Waals surface area contributed by atoms with E-state index >= 15 is 0 Å². The summed E-state index contributed by atoms with van der Waals surface area (Å²) in [6.45, 7) is 1.78. The van der Waals surface area contributed by atoms with Crippen LogP contribution in [-0.4, -0.2) is 32.2 Å². The summed E-state index contributed by atoms with van der Waals surface area (Å²) in [6.07, 6.45) is 5.70. The van der Waals surface area contributed by atoms with Gasteiger partial charge < -0.3 is 20.1 Å². The van der Waals surface area contributed by atoms with Gasteiger partial charge in [-0.3, -0.25) is 4.79 Å². The van der Waals surface area contributed by atoms with Gasteiger partial charge in [-0.25, -0.2) is 4.39 Å². The molecule has 1 saturated heterocycles. The number of rotatable bonds is 5. The topological polar surface area (TPSA) is 59.6 Å². The van der Waals surface area contributed by atoms with Gasteiger partial charge in [0.05, 0.1) is 26.3 Å². The van der Waals surface area contributed by atoms with E-state index in [9.17, 15) is 9.18 Å². The van der Waals surface area contributed by atoms with Crippen molar-refractivity contribution in [2.45, 2.75) is 57.2 Å². The molecule has 1 aromatic rings. The van der Waals surface area contributed by atoms with Crippen molar-refractivity contribution in [3.05, 3.63) is 23.5 Å². The molecule has 2 N–H and O–H groups in total. The summed E-state index contributed by atoms with van der Waals surface area (Å²) in [7, 11) is 2.97. The molecule has 138 valence electrons. The predicted molar refractivity (Wildman–Crippen MR) is 93.3 cm³/mol. The van der Waals surface area contributed by atoms with Crippen LogP contribution in [0.15, 0.2) is 12.1 Å². The van der Waals surface area contributed by atoms with Gasteiger partial charge in [-0.05, 0) is 38.2 Å². The van der Waals surface area contributed by atoms with Crippen molar-refractivity contribution in [3.63, 3.8) is 0 Å². The molecule has 1 aromatic carbocycles. The van der Waals surface area contributed by atoms with Crippen LogP contribution < -0.4 is 20.1 Å². The van der Waals surface area contributed by atoms with E-state index in [1.807, 2.05) is 0 Å². The van der Waals surface area contributed by atoms with Crippen LogP contribution in [0.25, 0.3) is 0 Å². The number of amides is 1. The second kappa shape index (κ2) is 7.60. The first-order valence-electron chi connectivity index (χ1n) is 9.01. The van der Waals surface area contributed by atoms with Crippen LogP contribution in [0.4, 0.5) is 4.39 Å². The highest BCUT2D eigenvalue weighted by Gasteiger charge is 2.38. The fourth-order valence-electron chi connectivity index (χ4n) is 4.11. The van der Waals surface area contributed by atoms with Crippen LogP contribution in [0.3, 0.4) is 0 Å². The van der Waals surface area contributed by atoms with Gasteiger partial charge in [-0.1, -0.05) is 12.8 Å². The Morgan fingerprint density at radius 3 is 2.60 bits per heavy atom. The number of hydrogen-bond acceptors (Lipinski definition) is 4. The van der Waals surface area contributed by atoms with E-state index in [2.05, 4.69) is 10.6 Å². The van der Waals surface area contributed by atoms with Crippen molar-refractivity contribution in [2.24, 2.45) is 5.92 Å². The molecule has 4 atom stereocenters. The number of ether oxygens (including phenoxy) is 2. The van der Waals surface area contributed by atoms with E-state index < -0.39 is 11.9 Å². The van der Waals surface area contributed by atoms with E-state index in [-0.39, 0.29) is 11.9 Å². The molecule has 6 heteroatoms. The molecule has 1 heterocycles. The van der Waals surface area contributed by atoms with Gasteiger partial charge in [0, 0.05) is 17.7 Å². The van der Waals surface area contributed by atoms with Crippen LogP contribution in [0, 0.1) is 11.7 Å². The van der Waals surface area contributed by atoms with Gasteiger partial charge >= 0.3 is 0 Å². The number of benzene rings is 1. The van der Waals surface area contributed by atoms with Crippen LogP contribution in [0.2, 0.25) is 0 Å². The first-order chi connectivity index (χ1) is 12.0. The molecule has 0 spiro atoms. The number of hydrogen-bond donors (Lipinski definition) is 2. The second-order valence-electron chi connectivity index (χ2n) is 7.06. The minimum atomic E-state index is -0.447. The molecule has 0 aromatic heterocycles. The molecule has 25 heavy (non-hydrogen) atoms. The number of carbonyl (C=O) groups excluding carboxylic acids is 1. The summed E-state index contributed by atoms with van der Waals surface area (Å²) in [4.78, 5) is 12.6. The maximum Gasteiger partial charge on any atom is 0.237 e. The smallest absolute Gasteiger partial charge is 0.237 e. The summed E-state index contributed by atoms with van der Waals surface area (Å²) >= 11 is 0. The SMILES string of the molecule is COc1cc(F)c(C(C)NC(=O)C2CC3CCCCC3N2)cc1OC. The van der Waals surface area contributed by atoms with Gasteiger partial charge in [0.2, 0.25) is 5.91 Å². The number of nitrogens with one attached hydrogen (secondary N) is 2. The van der Waals surface area contributed by atoms with Gasteiger partial charge in [0.15, 0.2) is 11.5 Å². The zero-order valence-corrected chi connectivity index (χ0v) is 15.1. The van der Waals surface area contributed by atoms with Crippen molar-refractivity contribution in [1.29, 1.82) is 0 Å². The fourth-order valence-corrected chi connectivity index (χ4v) is 4.11. The average Bonchev–Trinajstić information content (AvgIpc) is 3.05. The van der Waals surface area contributed by atoms with Crippen molar-refractivity contribution in [2.75, 3.05) is 14.2 Å². The maximum atomic E-state index is 14.4. The highest BCUT2D eigenvalue weighted by Crippen LogP contribution is 2.34. The highest BCUT2D eigenvalue weighted by atomic mass is 19.1. The van der Waals surface area contributed by atoms with Crippen molar-refractivity contribution >= 4 is 5.91 Å². The van der Waals surface area contributed by atoms with Gasteiger partial charge in [0.25, 0.3) is 0 Å². The molecule has 5 nitrogen and oxygen atoms in total. The van der Waals surface area contributed by atoms with Crippen LogP contribution in [-0.2, 0) is 4.79 Å². The van der Waals surface area contributed by atoms with Crippen LogP contribution in [0.1, 0.15) is 50.6 Å². The zero-order chi connectivity index (χ0) is 18.0. The molecule has 0 radical (unpaired) electrons. The Hall–Kier alpha value is -1.82. The monoisotopic (exact) mass is 350 g/mol. The molecule has 2 fully saturated rings. The zero-order valence-electron chi connectivity index (χ0n) is 15.1. The Labute approximate surface area is 148 Å². The maximum absolute atomic E-state index is 14.4. The molecule has 2 aliphatic rings. The summed E-state index contributed by atoms with van der Waals surface area (Å²) in [5.74, 6) is 0.904. The highest BCUT2D eigenvalue weighted by molar-refractivity contribution is 5.82. The third kappa shape index (κ3) is 3.73. The fraction of sp³-hybridized carbons (Fsp3) is 0.632. The lowest BCUT2D eigenvalue weighted by atomic mass is 9.85. The Bertz CT molecular complexity index is 623. The van der Waals surface area contributed by atoms with Crippen LogP contribution >= 0.6 is 0 Å². The van der Waals surface area contributed by atoms with E-state index in [1.165, 1.54) is 39.5 Å². The minimum Gasteiger partial charge on any atom is -0.493 e. The van der Waals surface area contributed by atoms with E-state index in [4.69, 9.17) is 9.47 Å². The molecule has 1 amide bonds. The Kier molecular flexibility index (Phi) is 5.47. The van der Waals surface area contributed by atoms with Crippen molar-refractivity contribution < 1.29 is 18.7 Å². The largest absolute Gasteiger partial charge is 0.493 e. The average molecular weight is 350 g/mol. The molecule has 1 saturated carbocycles. The minimum absolute atomic E-state index is 0.0592. The first kappa shape index (κ1) is 18.0. The standard InChI is InChI=1S/C19H27FN2O3/c1-11(13-9-17(24-2)18(25-3)10-14(13)20)21-19(23)16-8-12-6-4-5-7-15(12)22-16/h9-12,15-16,22H,4-8H2,1-3H3,(H,21,23). The lowest BCUT2D eigenvalue weighted by Gasteiger charge is -2.24. The van der Waals surface area contributed by atoms with E-state index in [1.54, 1.807) is 13.0 Å². The van der Waals surface area contributed by atoms with E-state index in [0.29, 0.717) is 29.0 Å². The molecular formula is C19H27FN2O3. The van der Waals surface area contributed by atoms with Crippen molar-refractivity contribution in [3.8, 4) is 11.5 Å². The predicted octanol–water partition coefficient (Wildman–Crippen LogP) is 2.94. The summed E-state index contributed by atoms with van der Waals surface area (Å²) in [5, 5.41) is 6.39.